The summed E-state index contributed by atoms with van der Waals surface area (Å²) in [4.78, 5) is 11.4. The highest BCUT2D eigenvalue weighted by molar-refractivity contribution is 5.75. The number of rotatable bonds is 2. The van der Waals surface area contributed by atoms with Crippen LogP contribution >= 0.6 is 0 Å². The number of phenols is 1. The minimum atomic E-state index is -1.93. The van der Waals surface area contributed by atoms with E-state index in [1.165, 1.54) is 20.8 Å². The minimum Gasteiger partial charge on any atom is -0.503 e. The molecule has 0 saturated carbocycles. The SMILES string of the molecule is CC(C)(C)C(=O)OCc1c(F)c(F)c(O)c(F)c1F. The zero-order chi connectivity index (χ0) is 15.0. The van der Waals surface area contributed by atoms with Crippen molar-refractivity contribution in [3.05, 3.63) is 28.8 Å². The molecular weight excluding hydrogens is 268 g/mol. The fraction of sp³-hybridized carbons (Fsp3) is 0.417. The number of aromatic hydroxyl groups is 1. The van der Waals surface area contributed by atoms with Crippen LogP contribution in [-0.2, 0) is 16.1 Å². The summed E-state index contributed by atoms with van der Waals surface area (Å²) in [5, 5.41) is 8.76. The van der Waals surface area contributed by atoms with Crippen LogP contribution in [0.1, 0.15) is 26.3 Å². The summed E-state index contributed by atoms with van der Waals surface area (Å²) in [7, 11) is 0. The summed E-state index contributed by atoms with van der Waals surface area (Å²) in [5.74, 6) is -9.99. The van der Waals surface area contributed by atoms with Gasteiger partial charge in [-0.05, 0) is 20.8 Å². The molecule has 0 fully saturated rings. The third-order valence-electron chi connectivity index (χ3n) is 2.29. The molecule has 0 amide bonds. The maximum absolute atomic E-state index is 13.3. The fourth-order valence-electron chi connectivity index (χ4n) is 1.15. The lowest BCUT2D eigenvalue weighted by molar-refractivity contribution is -0.154. The van der Waals surface area contributed by atoms with E-state index in [-0.39, 0.29) is 0 Å². The van der Waals surface area contributed by atoms with Crippen LogP contribution in [0.3, 0.4) is 0 Å². The van der Waals surface area contributed by atoms with Crippen molar-refractivity contribution < 1.29 is 32.2 Å². The Labute approximate surface area is 106 Å². The smallest absolute Gasteiger partial charge is 0.311 e. The average Bonchev–Trinajstić information content (AvgIpc) is 2.32. The molecule has 1 aromatic carbocycles. The van der Waals surface area contributed by atoms with E-state index in [0.717, 1.165) is 0 Å². The Bertz CT molecular complexity index is 492. The van der Waals surface area contributed by atoms with Gasteiger partial charge in [0, 0.05) is 0 Å². The van der Waals surface area contributed by atoms with Crippen LogP contribution in [0.15, 0.2) is 0 Å². The second kappa shape index (κ2) is 5.07. The normalized spacial score (nSPS) is 11.5. The Morgan fingerprint density at radius 1 is 1.05 bits per heavy atom. The molecule has 1 aromatic rings. The van der Waals surface area contributed by atoms with Gasteiger partial charge in [0.15, 0.2) is 17.4 Å². The largest absolute Gasteiger partial charge is 0.503 e. The van der Waals surface area contributed by atoms with Gasteiger partial charge in [0.25, 0.3) is 0 Å². The monoisotopic (exact) mass is 280 g/mol. The Morgan fingerprint density at radius 2 is 1.47 bits per heavy atom. The standard InChI is InChI=1S/C12H12F4O3/c1-12(2,3)11(18)19-4-5-6(13)8(15)10(17)9(16)7(5)14/h17H,4H2,1-3H3. The van der Waals surface area contributed by atoms with Crippen molar-refractivity contribution in [2.45, 2.75) is 27.4 Å². The molecule has 19 heavy (non-hydrogen) atoms. The summed E-state index contributed by atoms with van der Waals surface area (Å²) < 4.78 is 57.2. The number of hydrogen-bond donors (Lipinski definition) is 1. The quantitative estimate of drug-likeness (QED) is 0.514. The number of phenolic OH excluding ortho intramolecular Hbond substituents is 1. The van der Waals surface area contributed by atoms with E-state index in [2.05, 4.69) is 4.74 Å². The molecule has 0 aliphatic carbocycles. The molecule has 1 N–H and O–H groups in total. The molecule has 3 nitrogen and oxygen atoms in total. The van der Waals surface area contributed by atoms with E-state index in [4.69, 9.17) is 5.11 Å². The summed E-state index contributed by atoms with van der Waals surface area (Å²) >= 11 is 0. The number of carbonyl (C=O) groups excluding carboxylic acids is 1. The molecule has 0 bridgehead atoms. The van der Waals surface area contributed by atoms with E-state index in [1.54, 1.807) is 0 Å². The lowest BCUT2D eigenvalue weighted by atomic mass is 9.97. The Morgan fingerprint density at radius 3 is 1.84 bits per heavy atom. The fourth-order valence-corrected chi connectivity index (χ4v) is 1.15. The van der Waals surface area contributed by atoms with E-state index in [9.17, 15) is 22.4 Å². The number of ether oxygens (including phenoxy) is 1. The van der Waals surface area contributed by atoms with Crippen LogP contribution < -0.4 is 0 Å². The molecule has 0 saturated heterocycles. The Kier molecular flexibility index (Phi) is 4.07. The van der Waals surface area contributed by atoms with Gasteiger partial charge in [-0.1, -0.05) is 0 Å². The van der Waals surface area contributed by atoms with Crippen LogP contribution in [0.25, 0.3) is 0 Å². The third kappa shape index (κ3) is 2.97. The number of benzene rings is 1. The first kappa shape index (κ1) is 15.3. The molecule has 0 spiro atoms. The second-order valence-corrected chi connectivity index (χ2v) is 4.91. The molecule has 1 rings (SSSR count). The molecule has 106 valence electrons. The highest BCUT2D eigenvalue weighted by Gasteiger charge is 2.28. The van der Waals surface area contributed by atoms with Gasteiger partial charge >= 0.3 is 5.97 Å². The molecule has 0 aromatic heterocycles. The summed E-state index contributed by atoms with van der Waals surface area (Å²) in [5.41, 5.74) is -2.02. The molecule has 0 atom stereocenters. The van der Waals surface area contributed by atoms with Crippen molar-refractivity contribution in [1.29, 1.82) is 0 Å². The van der Waals surface area contributed by atoms with E-state index < -0.39 is 52.6 Å². The van der Waals surface area contributed by atoms with Gasteiger partial charge in [-0.15, -0.1) is 0 Å². The van der Waals surface area contributed by atoms with Gasteiger partial charge in [-0.25, -0.2) is 8.78 Å². The second-order valence-electron chi connectivity index (χ2n) is 4.91. The summed E-state index contributed by atoms with van der Waals surface area (Å²) in [6.07, 6.45) is 0. The van der Waals surface area contributed by atoms with Gasteiger partial charge in [0.2, 0.25) is 11.6 Å². The number of hydrogen-bond acceptors (Lipinski definition) is 3. The van der Waals surface area contributed by atoms with Crippen LogP contribution in [0.5, 0.6) is 5.75 Å². The summed E-state index contributed by atoms with van der Waals surface area (Å²) in [6, 6.07) is 0. The third-order valence-corrected chi connectivity index (χ3v) is 2.29. The minimum absolute atomic E-state index is 0.791. The van der Waals surface area contributed by atoms with Crippen LogP contribution in [-0.4, -0.2) is 11.1 Å². The highest BCUT2D eigenvalue weighted by atomic mass is 19.2. The Hall–Kier alpha value is -1.79. The van der Waals surface area contributed by atoms with Gasteiger partial charge in [0.1, 0.15) is 6.61 Å². The van der Waals surface area contributed by atoms with Crippen LogP contribution in [0.4, 0.5) is 17.6 Å². The first-order valence-electron chi connectivity index (χ1n) is 5.28. The number of halogens is 4. The van der Waals surface area contributed by atoms with E-state index in [1.807, 2.05) is 0 Å². The molecule has 0 aliphatic rings. The van der Waals surface area contributed by atoms with Gasteiger partial charge in [0.05, 0.1) is 11.0 Å². The molecule has 0 aliphatic heterocycles. The molecular formula is C12H12F4O3. The van der Waals surface area contributed by atoms with E-state index >= 15 is 0 Å². The molecule has 0 heterocycles. The van der Waals surface area contributed by atoms with E-state index in [0.29, 0.717) is 0 Å². The van der Waals surface area contributed by atoms with Crippen molar-refractivity contribution in [3.63, 3.8) is 0 Å². The predicted molar refractivity (Wildman–Crippen MR) is 57.2 cm³/mol. The van der Waals surface area contributed by atoms with Gasteiger partial charge in [-0.2, -0.15) is 8.78 Å². The molecule has 0 radical (unpaired) electrons. The highest BCUT2D eigenvalue weighted by Crippen LogP contribution is 2.29. The van der Waals surface area contributed by atoms with Crippen molar-refractivity contribution in [1.82, 2.24) is 0 Å². The Balaban J connectivity index is 3.07. The maximum Gasteiger partial charge on any atom is 0.311 e. The number of carbonyl (C=O) groups is 1. The van der Waals surface area contributed by atoms with Crippen LogP contribution in [0, 0.1) is 28.7 Å². The van der Waals surface area contributed by atoms with Crippen molar-refractivity contribution in [3.8, 4) is 5.75 Å². The zero-order valence-corrected chi connectivity index (χ0v) is 10.5. The first-order valence-corrected chi connectivity index (χ1v) is 5.28. The van der Waals surface area contributed by atoms with Gasteiger partial charge < -0.3 is 9.84 Å². The predicted octanol–water partition coefficient (Wildman–Crippen LogP) is 3.04. The topological polar surface area (TPSA) is 46.5 Å². The summed E-state index contributed by atoms with van der Waals surface area (Å²) in [6.45, 7) is 3.53. The lowest BCUT2D eigenvalue weighted by Crippen LogP contribution is -2.23. The first-order chi connectivity index (χ1) is 8.57. The number of esters is 1. The van der Waals surface area contributed by atoms with Crippen molar-refractivity contribution in [2.24, 2.45) is 5.41 Å². The van der Waals surface area contributed by atoms with Crippen molar-refractivity contribution in [2.75, 3.05) is 0 Å². The molecule has 7 heteroatoms. The molecule has 0 unspecified atom stereocenters. The maximum atomic E-state index is 13.3. The lowest BCUT2D eigenvalue weighted by Gasteiger charge is -2.17. The van der Waals surface area contributed by atoms with Crippen molar-refractivity contribution >= 4 is 5.97 Å². The van der Waals surface area contributed by atoms with Gasteiger partial charge in [-0.3, -0.25) is 4.79 Å². The zero-order valence-electron chi connectivity index (χ0n) is 10.5. The average molecular weight is 280 g/mol. The van der Waals surface area contributed by atoms with Crippen LogP contribution in [0.2, 0.25) is 0 Å².